The molecule has 0 aromatic carbocycles. The van der Waals surface area contributed by atoms with Crippen LogP contribution in [0.4, 0.5) is 4.79 Å². The Morgan fingerprint density at radius 3 is 2.38 bits per heavy atom. The van der Waals surface area contributed by atoms with Crippen LogP contribution in [0.15, 0.2) is 0 Å². The zero-order valence-electron chi connectivity index (χ0n) is 13.6. The van der Waals surface area contributed by atoms with Crippen LogP contribution in [-0.2, 0) is 19.1 Å². The first-order valence-electron chi connectivity index (χ1n) is 7.24. The van der Waals surface area contributed by atoms with Crippen molar-refractivity contribution in [2.45, 2.75) is 59.6 Å². The Bertz CT molecular complexity index is 424. The molecule has 0 bridgehead atoms. The van der Waals surface area contributed by atoms with E-state index in [0.717, 1.165) is 4.90 Å². The van der Waals surface area contributed by atoms with Crippen LogP contribution in [0.25, 0.3) is 0 Å². The van der Waals surface area contributed by atoms with Gasteiger partial charge >= 0.3 is 12.1 Å². The zero-order valence-corrected chi connectivity index (χ0v) is 13.6. The van der Waals surface area contributed by atoms with Crippen molar-refractivity contribution in [3.8, 4) is 0 Å². The summed E-state index contributed by atoms with van der Waals surface area (Å²) in [4.78, 5) is 37.0. The first-order chi connectivity index (χ1) is 9.53. The molecule has 0 radical (unpaired) electrons. The standard InChI is InChI=1S/C15H25NO5/c1-9(2)11-8-20-14(19)16(11)13(18)10(3)7-12(17)21-15(4,5)6/h9-11H,7-8H2,1-6H3/t10?,11-/m1/s1. The number of esters is 1. The SMILES string of the molecule is CC(CC(=O)OC(C)(C)C)C(=O)N1C(=O)OC[C@@H]1C(C)C. The third kappa shape index (κ3) is 4.72. The van der Waals surface area contributed by atoms with Crippen molar-refractivity contribution >= 4 is 18.0 Å². The number of carbonyl (C=O) groups is 3. The molecule has 1 saturated heterocycles. The third-order valence-corrected chi connectivity index (χ3v) is 3.23. The summed E-state index contributed by atoms with van der Waals surface area (Å²) in [6, 6.07) is -0.272. The van der Waals surface area contributed by atoms with Gasteiger partial charge in [-0.25, -0.2) is 9.69 Å². The van der Waals surface area contributed by atoms with Crippen LogP contribution >= 0.6 is 0 Å². The Morgan fingerprint density at radius 1 is 1.33 bits per heavy atom. The fourth-order valence-corrected chi connectivity index (χ4v) is 2.14. The van der Waals surface area contributed by atoms with Gasteiger partial charge in [-0.1, -0.05) is 20.8 Å². The second kappa shape index (κ2) is 6.45. The van der Waals surface area contributed by atoms with E-state index < -0.39 is 23.6 Å². The number of carbonyl (C=O) groups excluding carboxylic acids is 3. The summed E-state index contributed by atoms with van der Waals surface area (Å²) in [5.74, 6) is -1.35. The second-order valence-electron chi connectivity index (χ2n) is 6.79. The molecule has 1 fully saturated rings. The number of rotatable bonds is 4. The van der Waals surface area contributed by atoms with E-state index >= 15 is 0 Å². The van der Waals surface area contributed by atoms with Gasteiger partial charge in [0.25, 0.3) is 0 Å². The zero-order chi connectivity index (χ0) is 16.4. The van der Waals surface area contributed by atoms with E-state index in [1.54, 1.807) is 27.7 Å². The monoisotopic (exact) mass is 299 g/mol. The number of nitrogens with zero attached hydrogens (tertiary/aromatic N) is 1. The van der Waals surface area contributed by atoms with Crippen molar-refractivity contribution in [1.29, 1.82) is 0 Å². The van der Waals surface area contributed by atoms with Gasteiger partial charge in [0.05, 0.1) is 12.5 Å². The van der Waals surface area contributed by atoms with Crippen LogP contribution in [0.5, 0.6) is 0 Å². The van der Waals surface area contributed by atoms with Crippen molar-refractivity contribution in [3.63, 3.8) is 0 Å². The van der Waals surface area contributed by atoms with Crippen LogP contribution in [-0.4, -0.2) is 41.1 Å². The lowest BCUT2D eigenvalue weighted by molar-refractivity contribution is -0.158. The highest BCUT2D eigenvalue weighted by Crippen LogP contribution is 2.23. The van der Waals surface area contributed by atoms with Crippen LogP contribution in [0.1, 0.15) is 48.0 Å². The molecule has 1 aliphatic heterocycles. The van der Waals surface area contributed by atoms with Crippen molar-refractivity contribution < 1.29 is 23.9 Å². The third-order valence-electron chi connectivity index (χ3n) is 3.23. The van der Waals surface area contributed by atoms with Gasteiger partial charge in [-0.3, -0.25) is 9.59 Å². The smallest absolute Gasteiger partial charge is 0.416 e. The lowest BCUT2D eigenvalue weighted by atomic mass is 10.0. The Morgan fingerprint density at radius 2 is 1.90 bits per heavy atom. The predicted octanol–water partition coefficient (Wildman–Crippen LogP) is 2.36. The molecule has 1 heterocycles. The van der Waals surface area contributed by atoms with Gasteiger partial charge < -0.3 is 9.47 Å². The first-order valence-corrected chi connectivity index (χ1v) is 7.24. The van der Waals surface area contributed by atoms with Gasteiger partial charge in [0.2, 0.25) is 5.91 Å². The summed E-state index contributed by atoms with van der Waals surface area (Å²) >= 11 is 0. The molecule has 0 aromatic heterocycles. The Hall–Kier alpha value is -1.59. The van der Waals surface area contributed by atoms with Crippen LogP contribution < -0.4 is 0 Å². The lowest BCUT2D eigenvalue weighted by Gasteiger charge is -2.26. The average Bonchev–Trinajstić information content (AvgIpc) is 2.67. The maximum atomic E-state index is 12.4. The highest BCUT2D eigenvalue weighted by atomic mass is 16.6. The second-order valence-corrected chi connectivity index (χ2v) is 6.79. The summed E-state index contributed by atoms with van der Waals surface area (Å²) in [5.41, 5.74) is -0.590. The van der Waals surface area contributed by atoms with E-state index in [2.05, 4.69) is 0 Å². The van der Waals surface area contributed by atoms with E-state index in [-0.39, 0.29) is 30.9 Å². The summed E-state index contributed by atoms with van der Waals surface area (Å²) in [6.07, 6.45) is -0.681. The molecule has 0 aliphatic carbocycles. The average molecular weight is 299 g/mol. The minimum absolute atomic E-state index is 0.0509. The molecule has 1 unspecified atom stereocenters. The van der Waals surface area contributed by atoms with E-state index in [1.165, 1.54) is 0 Å². The largest absolute Gasteiger partial charge is 0.460 e. The minimum Gasteiger partial charge on any atom is -0.460 e. The first kappa shape index (κ1) is 17.5. The van der Waals surface area contributed by atoms with Gasteiger partial charge in [0, 0.05) is 5.92 Å². The van der Waals surface area contributed by atoms with E-state index in [0.29, 0.717) is 0 Å². The summed E-state index contributed by atoms with van der Waals surface area (Å²) in [6.45, 7) is 11.0. The molecule has 21 heavy (non-hydrogen) atoms. The maximum absolute atomic E-state index is 12.4. The highest BCUT2D eigenvalue weighted by molar-refractivity contribution is 5.96. The molecule has 2 amide bonds. The van der Waals surface area contributed by atoms with Gasteiger partial charge in [-0.05, 0) is 26.7 Å². The lowest BCUT2D eigenvalue weighted by Crippen LogP contribution is -2.44. The van der Waals surface area contributed by atoms with Crippen molar-refractivity contribution in [1.82, 2.24) is 4.90 Å². The van der Waals surface area contributed by atoms with Crippen LogP contribution in [0.2, 0.25) is 0 Å². The maximum Gasteiger partial charge on any atom is 0.416 e. The van der Waals surface area contributed by atoms with Crippen LogP contribution in [0.3, 0.4) is 0 Å². The number of hydrogen-bond donors (Lipinski definition) is 0. The summed E-state index contributed by atoms with van der Waals surface area (Å²) in [5, 5.41) is 0. The molecular weight excluding hydrogens is 274 g/mol. The highest BCUT2D eigenvalue weighted by Gasteiger charge is 2.41. The normalized spacial score (nSPS) is 20.4. The molecule has 2 atom stereocenters. The molecule has 0 aromatic rings. The summed E-state index contributed by atoms with van der Waals surface area (Å²) < 4.78 is 10.1. The number of ether oxygens (including phenoxy) is 2. The molecule has 0 spiro atoms. The van der Waals surface area contributed by atoms with Crippen LogP contribution in [0, 0.1) is 11.8 Å². The fraction of sp³-hybridized carbons (Fsp3) is 0.800. The summed E-state index contributed by atoms with van der Waals surface area (Å²) in [7, 11) is 0. The van der Waals surface area contributed by atoms with E-state index in [1.807, 2.05) is 13.8 Å². The molecule has 6 nitrogen and oxygen atoms in total. The van der Waals surface area contributed by atoms with E-state index in [4.69, 9.17) is 9.47 Å². The van der Waals surface area contributed by atoms with Gasteiger partial charge in [0.1, 0.15) is 12.2 Å². The number of hydrogen-bond acceptors (Lipinski definition) is 5. The van der Waals surface area contributed by atoms with Gasteiger partial charge in [0.15, 0.2) is 0 Å². The molecule has 1 rings (SSSR count). The number of amides is 2. The molecule has 0 saturated carbocycles. The minimum atomic E-state index is -0.630. The van der Waals surface area contributed by atoms with Gasteiger partial charge in [-0.2, -0.15) is 0 Å². The Balaban J connectivity index is 2.69. The molecular formula is C15H25NO5. The molecule has 1 aliphatic rings. The van der Waals surface area contributed by atoms with E-state index in [9.17, 15) is 14.4 Å². The Kier molecular flexibility index (Phi) is 5.36. The van der Waals surface area contributed by atoms with Crippen molar-refractivity contribution in [3.05, 3.63) is 0 Å². The van der Waals surface area contributed by atoms with Gasteiger partial charge in [-0.15, -0.1) is 0 Å². The Labute approximate surface area is 125 Å². The predicted molar refractivity (Wildman–Crippen MR) is 76.4 cm³/mol. The fourth-order valence-electron chi connectivity index (χ4n) is 2.14. The molecule has 6 heteroatoms. The molecule has 120 valence electrons. The number of cyclic esters (lactones) is 1. The quantitative estimate of drug-likeness (QED) is 0.745. The topological polar surface area (TPSA) is 72.9 Å². The van der Waals surface area contributed by atoms with Crippen molar-refractivity contribution in [2.24, 2.45) is 11.8 Å². The number of imide groups is 1. The molecule has 0 N–H and O–H groups in total. The van der Waals surface area contributed by atoms with Crippen molar-refractivity contribution in [2.75, 3.05) is 6.61 Å².